The number of rotatable bonds is 3. The Bertz CT molecular complexity index is 873. The number of hydrogen-bond donors (Lipinski definition) is 0. The summed E-state index contributed by atoms with van der Waals surface area (Å²) in [5.74, 6) is 1.05. The van der Waals surface area contributed by atoms with Gasteiger partial charge in [-0.2, -0.15) is 0 Å². The molecule has 0 fully saturated rings. The lowest BCUT2D eigenvalue weighted by Crippen LogP contribution is -2.06. The molecule has 2 nitrogen and oxygen atoms in total. The third kappa shape index (κ3) is 3.62. The maximum absolute atomic E-state index is 4.88. The minimum atomic E-state index is 0.186. The summed E-state index contributed by atoms with van der Waals surface area (Å²) in [6.07, 6.45) is 7.34. The van der Waals surface area contributed by atoms with Gasteiger partial charge in [0.2, 0.25) is 0 Å². The second-order valence-corrected chi connectivity index (χ2v) is 6.94. The standard InChI is InChI=1S/C22H17BrN2/c23-19-13-7-12-18(14-19)22-24-20(16-8-3-1-4-9-16)15-21(25-22)17-10-5-2-6-11-17/h1-11,13-15,18H,12H2. The van der Waals surface area contributed by atoms with E-state index in [9.17, 15) is 0 Å². The van der Waals surface area contributed by atoms with E-state index >= 15 is 0 Å². The molecule has 1 aliphatic carbocycles. The molecule has 3 heteroatoms. The van der Waals surface area contributed by atoms with Crippen molar-refractivity contribution in [1.82, 2.24) is 9.97 Å². The molecule has 1 atom stereocenters. The number of benzene rings is 2. The Morgan fingerprint density at radius 3 is 1.88 bits per heavy atom. The number of aromatic nitrogens is 2. The molecule has 2 aromatic carbocycles. The minimum Gasteiger partial charge on any atom is -0.232 e. The van der Waals surface area contributed by atoms with E-state index in [0.717, 1.165) is 39.2 Å². The highest BCUT2D eigenvalue weighted by atomic mass is 79.9. The van der Waals surface area contributed by atoms with Crippen molar-refractivity contribution in [3.8, 4) is 22.5 Å². The summed E-state index contributed by atoms with van der Waals surface area (Å²) in [7, 11) is 0. The fourth-order valence-corrected chi connectivity index (χ4v) is 3.47. The lowest BCUT2D eigenvalue weighted by molar-refractivity contribution is 0.774. The zero-order valence-electron chi connectivity index (χ0n) is 13.6. The first-order valence-corrected chi connectivity index (χ1v) is 9.12. The number of nitrogens with zero attached hydrogens (tertiary/aromatic N) is 2. The summed E-state index contributed by atoms with van der Waals surface area (Å²) in [6, 6.07) is 22.6. The monoisotopic (exact) mass is 388 g/mol. The summed E-state index contributed by atoms with van der Waals surface area (Å²) >= 11 is 3.57. The Hall–Kier alpha value is -2.52. The van der Waals surface area contributed by atoms with Crippen LogP contribution in [0.25, 0.3) is 22.5 Å². The molecule has 1 heterocycles. The van der Waals surface area contributed by atoms with Crippen molar-refractivity contribution >= 4 is 15.9 Å². The zero-order chi connectivity index (χ0) is 17.1. The highest BCUT2D eigenvalue weighted by Crippen LogP contribution is 2.31. The third-order valence-electron chi connectivity index (χ3n) is 4.24. The maximum Gasteiger partial charge on any atom is 0.136 e. The van der Waals surface area contributed by atoms with Crippen molar-refractivity contribution in [2.24, 2.45) is 0 Å². The van der Waals surface area contributed by atoms with E-state index in [-0.39, 0.29) is 5.92 Å². The lowest BCUT2D eigenvalue weighted by atomic mass is 9.99. The van der Waals surface area contributed by atoms with Gasteiger partial charge in [0.15, 0.2) is 0 Å². The summed E-state index contributed by atoms with van der Waals surface area (Å²) in [4.78, 5) is 9.75. The van der Waals surface area contributed by atoms with Gasteiger partial charge in [-0.05, 0) is 12.5 Å². The molecule has 0 spiro atoms. The van der Waals surface area contributed by atoms with E-state index in [1.54, 1.807) is 0 Å². The molecular weight excluding hydrogens is 372 g/mol. The molecule has 25 heavy (non-hydrogen) atoms. The zero-order valence-corrected chi connectivity index (χ0v) is 15.2. The maximum atomic E-state index is 4.88. The van der Waals surface area contributed by atoms with Crippen LogP contribution in [0.2, 0.25) is 0 Å². The Labute approximate surface area is 156 Å². The van der Waals surface area contributed by atoms with Gasteiger partial charge in [-0.15, -0.1) is 0 Å². The molecule has 1 aromatic heterocycles. The highest BCUT2D eigenvalue weighted by molar-refractivity contribution is 9.11. The predicted molar refractivity (Wildman–Crippen MR) is 106 cm³/mol. The van der Waals surface area contributed by atoms with Crippen LogP contribution in [0.3, 0.4) is 0 Å². The molecule has 0 saturated carbocycles. The SMILES string of the molecule is BrC1=CC(c2nc(-c3ccccc3)cc(-c3ccccc3)n2)CC=C1. The summed E-state index contributed by atoms with van der Waals surface area (Å²) < 4.78 is 1.08. The highest BCUT2D eigenvalue weighted by Gasteiger charge is 2.17. The quantitative estimate of drug-likeness (QED) is 0.538. The van der Waals surface area contributed by atoms with E-state index in [2.05, 4.69) is 64.5 Å². The van der Waals surface area contributed by atoms with Gasteiger partial charge in [-0.1, -0.05) is 94.8 Å². The molecule has 0 N–H and O–H groups in total. The molecule has 0 amide bonds. The molecule has 1 aliphatic rings. The lowest BCUT2D eigenvalue weighted by Gasteiger charge is -2.16. The number of hydrogen-bond acceptors (Lipinski definition) is 2. The van der Waals surface area contributed by atoms with E-state index in [0.29, 0.717) is 0 Å². The normalized spacial score (nSPS) is 16.5. The van der Waals surface area contributed by atoms with Gasteiger partial charge in [0.1, 0.15) is 5.82 Å². The first-order chi connectivity index (χ1) is 12.3. The van der Waals surface area contributed by atoms with Crippen LogP contribution < -0.4 is 0 Å². The summed E-state index contributed by atoms with van der Waals surface area (Å²) in [5, 5.41) is 0. The van der Waals surface area contributed by atoms with Crippen LogP contribution in [0.15, 0.2) is 89.4 Å². The van der Waals surface area contributed by atoms with Crippen molar-refractivity contribution in [2.45, 2.75) is 12.3 Å². The predicted octanol–water partition coefficient (Wildman–Crippen LogP) is 6.13. The molecule has 4 rings (SSSR count). The largest absolute Gasteiger partial charge is 0.232 e. The fourth-order valence-electron chi connectivity index (χ4n) is 2.97. The molecule has 1 unspecified atom stereocenters. The van der Waals surface area contributed by atoms with Crippen molar-refractivity contribution < 1.29 is 0 Å². The van der Waals surface area contributed by atoms with Crippen LogP contribution in [0.5, 0.6) is 0 Å². The van der Waals surface area contributed by atoms with Crippen LogP contribution in [0.4, 0.5) is 0 Å². The van der Waals surface area contributed by atoms with E-state index in [4.69, 9.17) is 9.97 Å². The topological polar surface area (TPSA) is 25.8 Å². The first-order valence-electron chi connectivity index (χ1n) is 8.33. The van der Waals surface area contributed by atoms with Gasteiger partial charge >= 0.3 is 0 Å². The van der Waals surface area contributed by atoms with Crippen molar-refractivity contribution in [2.75, 3.05) is 0 Å². The number of allylic oxidation sites excluding steroid dienone is 4. The second-order valence-electron chi connectivity index (χ2n) is 6.02. The average molecular weight is 389 g/mol. The third-order valence-corrected chi connectivity index (χ3v) is 4.77. The minimum absolute atomic E-state index is 0.186. The number of halogens is 1. The van der Waals surface area contributed by atoms with Gasteiger partial charge in [0.25, 0.3) is 0 Å². The first kappa shape index (κ1) is 16.0. The van der Waals surface area contributed by atoms with Crippen molar-refractivity contribution in [3.63, 3.8) is 0 Å². The van der Waals surface area contributed by atoms with Gasteiger partial charge < -0.3 is 0 Å². The Kier molecular flexibility index (Phi) is 4.57. The summed E-state index contributed by atoms with van der Waals surface area (Å²) in [6.45, 7) is 0. The average Bonchev–Trinajstić information content (AvgIpc) is 2.69. The van der Waals surface area contributed by atoms with E-state index < -0.39 is 0 Å². The molecule has 0 saturated heterocycles. The second kappa shape index (κ2) is 7.16. The van der Waals surface area contributed by atoms with Gasteiger partial charge in [-0.3, -0.25) is 0 Å². The van der Waals surface area contributed by atoms with Crippen LogP contribution in [-0.2, 0) is 0 Å². The van der Waals surface area contributed by atoms with E-state index in [1.165, 1.54) is 0 Å². The summed E-state index contributed by atoms with van der Waals surface area (Å²) in [5.41, 5.74) is 4.14. The smallest absolute Gasteiger partial charge is 0.136 e. The Morgan fingerprint density at radius 1 is 0.800 bits per heavy atom. The van der Waals surface area contributed by atoms with Gasteiger partial charge in [0.05, 0.1) is 11.4 Å². The molecule has 0 bridgehead atoms. The van der Waals surface area contributed by atoms with Crippen LogP contribution in [-0.4, -0.2) is 9.97 Å². The van der Waals surface area contributed by atoms with Crippen LogP contribution in [0, 0.1) is 0 Å². The molecule has 3 aromatic rings. The van der Waals surface area contributed by atoms with E-state index in [1.807, 2.05) is 36.4 Å². The molecular formula is C22H17BrN2. The Morgan fingerprint density at radius 2 is 1.36 bits per heavy atom. The Balaban J connectivity index is 1.85. The fraction of sp³-hybridized carbons (Fsp3) is 0.0909. The molecule has 122 valence electrons. The molecule has 0 aliphatic heterocycles. The van der Waals surface area contributed by atoms with Gasteiger partial charge in [-0.25, -0.2) is 9.97 Å². The van der Waals surface area contributed by atoms with Crippen molar-refractivity contribution in [1.29, 1.82) is 0 Å². The molecule has 0 radical (unpaired) electrons. The van der Waals surface area contributed by atoms with Crippen LogP contribution in [0.1, 0.15) is 18.2 Å². The van der Waals surface area contributed by atoms with Crippen LogP contribution >= 0.6 is 15.9 Å². The van der Waals surface area contributed by atoms with Crippen molar-refractivity contribution in [3.05, 3.63) is 95.3 Å². The van der Waals surface area contributed by atoms with Gasteiger partial charge in [0, 0.05) is 21.5 Å².